The van der Waals surface area contributed by atoms with Gasteiger partial charge in [0.15, 0.2) is 0 Å². The second kappa shape index (κ2) is 7.07. The summed E-state index contributed by atoms with van der Waals surface area (Å²) in [6, 6.07) is 3.99. The van der Waals surface area contributed by atoms with Crippen LogP contribution in [0.1, 0.15) is 17.3 Å². The second-order valence-corrected chi connectivity index (χ2v) is 5.81. The van der Waals surface area contributed by atoms with Gasteiger partial charge < -0.3 is 15.5 Å². The van der Waals surface area contributed by atoms with Crippen molar-refractivity contribution in [1.29, 1.82) is 0 Å². The molecule has 1 aliphatic heterocycles. The van der Waals surface area contributed by atoms with Crippen LogP contribution < -0.4 is 5.73 Å². The summed E-state index contributed by atoms with van der Waals surface area (Å²) in [5.41, 5.74) is 5.50. The van der Waals surface area contributed by atoms with Gasteiger partial charge in [-0.05, 0) is 18.2 Å². The maximum atomic E-state index is 13.8. The molecule has 2 amide bonds. The van der Waals surface area contributed by atoms with Gasteiger partial charge in [-0.15, -0.1) is 0 Å². The van der Waals surface area contributed by atoms with Crippen molar-refractivity contribution < 1.29 is 14.0 Å². The molecule has 7 heteroatoms. The van der Waals surface area contributed by atoms with E-state index in [0.29, 0.717) is 32.7 Å². The van der Waals surface area contributed by atoms with E-state index in [4.69, 9.17) is 17.3 Å². The third-order valence-electron chi connectivity index (χ3n) is 3.82. The summed E-state index contributed by atoms with van der Waals surface area (Å²) >= 11 is 5.69. The zero-order valence-electron chi connectivity index (χ0n) is 12.4. The maximum Gasteiger partial charge on any atom is 0.256 e. The van der Waals surface area contributed by atoms with Crippen molar-refractivity contribution in [3.8, 4) is 0 Å². The number of nitrogens with two attached hydrogens (primary N) is 1. The third kappa shape index (κ3) is 3.56. The fourth-order valence-electron chi connectivity index (χ4n) is 2.38. The summed E-state index contributed by atoms with van der Waals surface area (Å²) in [6.07, 6.45) is 0. The first-order valence-electron chi connectivity index (χ1n) is 7.17. The number of hydrogen-bond donors (Lipinski definition) is 1. The zero-order valence-corrected chi connectivity index (χ0v) is 13.1. The van der Waals surface area contributed by atoms with Gasteiger partial charge in [-0.25, -0.2) is 4.39 Å². The molecule has 2 rings (SSSR count). The van der Waals surface area contributed by atoms with Crippen molar-refractivity contribution in [2.45, 2.75) is 6.92 Å². The van der Waals surface area contributed by atoms with Gasteiger partial charge in [0.2, 0.25) is 5.91 Å². The van der Waals surface area contributed by atoms with Gasteiger partial charge in [-0.2, -0.15) is 0 Å². The predicted molar refractivity (Wildman–Crippen MR) is 82.1 cm³/mol. The average molecular weight is 328 g/mol. The molecule has 1 heterocycles. The monoisotopic (exact) mass is 327 g/mol. The van der Waals surface area contributed by atoms with E-state index in [1.54, 1.807) is 16.7 Å². The Bertz CT molecular complexity index is 574. The first kappa shape index (κ1) is 16.7. The van der Waals surface area contributed by atoms with E-state index in [1.807, 2.05) is 0 Å². The van der Waals surface area contributed by atoms with Gasteiger partial charge in [0.1, 0.15) is 5.82 Å². The summed E-state index contributed by atoms with van der Waals surface area (Å²) in [4.78, 5) is 27.6. The molecule has 120 valence electrons. The zero-order chi connectivity index (χ0) is 16.3. The van der Waals surface area contributed by atoms with E-state index in [2.05, 4.69) is 0 Å². The Labute approximate surface area is 133 Å². The highest BCUT2D eigenvalue weighted by molar-refractivity contribution is 6.30. The van der Waals surface area contributed by atoms with Crippen LogP contribution in [0.3, 0.4) is 0 Å². The lowest BCUT2D eigenvalue weighted by Crippen LogP contribution is -2.52. The lowest BCUT2D eigenvalue weighted by Gasteiger charge is -2.36. The van der Waals surface area contributed by atoms with E-state index >= 15 is 0 Å². The highest BCUT2D eigenvalue weighted by atomic mass is 35.5. The Morgan fingerprint density at radius 3 is 2.41 bits per heavy atom. The number of hydrogen-bond acceptors (Lipinski definition) is 3. The number of carbonyl (C=O) groups is 2. The van der Waals surface area contributed by atoms with Gasteiger partial charge >= 0.3 is 0 Å². The number of benzene rings is 1. The third-order valence-corrected chi connectivity index (χ3v) is 4.05. The van der Waals surface area contributed by atoms with Crippen LogP contribution in [0.5, 0.6) is 0 Å². The van der Waals surface area contributed by atoms with Crippen LogP contribution in [-0.4, -0.2) is 54.3 Å². The molecule has 0 aromatic heterocycles. The molecule has 0 saturated carbocycles. The Balaban J connectivity index is 1.99. The highest BCUT2D eigenvalue weighted by Gasteiger charge is 2.27. The van der Waals surface area contributed by atoms with Crippen LogP contribution in [0.25, 0.3) is 0 Å². The van der Waals surface area contributed by atoms with Gasteiger partial charge in [0, 0.05) is 43.7 Å². The number of rotatable bonds is 3. The van der Waals surface area contributed by atoms with E-state index < -0.39 is 5.82 Å². The number of amides is 2. The number of nitrogens with zero attached hydrogens (tertiary/aromatic N) is 2. The molecule has 5 nitrogen and oxygen atoms in total. The van der Waals surface area contributed by atoms with Crippen LogP contribution in [0.2, 0.25) is 5.02 Å². The molecule has 1 unspecified atom stereocenters. The predicted octanol–water partition coefficient (Wildman–Crippen LogP) is 1.36. The fraction of sp³-hybridized carbons (Fsp3) is 0.467. The normalized spacial score (nSPS) is 16.5. The standard InChI is InChI=1S/C15H19ClFN3O2/c1-10(9-18)14(21)19-4-6-20(7-5-19)15(22)12-3-2-11(16)8-13(12)17/h2-3,8,10H,4-7,9,18H2,1H3. The number of halogens is 2. The minimum absolute atomic E-state index is 0.000460. The van der Waals surface area contributed by atoms with Crippen molar-refractivity contribution in [3.63, 3.8) is 0 Å². The molecule has 0 aliphatic carbocycles. The fourth-order valence-corrected chi connectivity index (χ4v) is 2.53. The number of carbonyl (C=O) groups excluding carboxylic acids is 2. The quantitative estimate of drug-likeness (QED) is 0.911. The van der Waals surface area contributed by atoms with Crippen molar-refractivity contribution in [1.82, 2.24) is 9.80 Å². The minimum atomic E-state index is -0.632. The lowest BCUT2D eigenvalue weighted by molar-refractivity contribution is -0.136. The Kier molecular flexibility index (Phi) is 5.37. The molecule has 22 heavy (non-hydrogen) atoms. The van der Waals surface area contributed by atoms with Crippen LogP contribution in [0.4, 0.5) is 4.39 Å². The van der Waals surface area contributed by atoms with Gasteiger partial charge in [0.25, 0.3) is 5.91 Å². The van der Waals surface area contributed by atoms with Crippen LogP contribution >= 0.6 is 11.6 Å². The molecule has 1 saturated heterocycles. The molecule has 1 aromatic rings. The van der Waals surface area contributed by atoms with Crippen molar-refractivity contribution >= 4 is 23.4 Å². The van der Waals surface area contributed by atoms with Crippen LogP contribution in [0.15, 0.2) is 18.2 Å². The SMILES string of the molecule is CC(CN)C(=O)N1CCN(C(=O)c2ccc(Cl)cc2F)CC1. The second-order valence-electron chi connectivity index (χ2n) is 5.38. The maximum absolute atomic E-state index is 13.8. The Morgan fingerprint density at radius 1 is 1.27 bits per heavy atom. The summed E-state index contributed by atoms with van der Waals surface area (Å²) in [5.74, 6) is -1.25. The topological polar surface area (TPSA) is 66.6 Å². The molecular weight excluding hydrogens is 309 g/mol. The summed E-state index contributed by atoms with van der Waals surface area (Å²) < 4.78 is 13.8. The average Bonchev–Trinajstić information content (AvgIpc) is 2.53. The highest BCUT2D eigenvalue weighted by Crippen LogP contribution is 2.17. The summed E-state index contributed by atoms with van der Waals surface area (Å²) in [6.45, 7) is 3.71. The Hall–Kier alpha value is -1.66. The minimum Gasteiger partial charge on any atom is -0.339 e. The van der Waals surface area contributed by atoms with Crippen molar-refractivity contribution in [2.24, 2.45) is 11.7 Å². The first-order valence-corrected chi connectivity index (χ1v) is 7.55. The van der Waals surface area contributed by atoms with E-state index in [-0.39, 0.29) is 28.3 Å². The van der Waals surface area contributed by atoms with Crippen LogP contribution in [0, 0.1) is 11.7 Å². The van der Waals surface area contributed by atoms with E-state index in [9.17, 15) is 14.0 Å². The Morgan fingerprint density at radius 2 is 1.86 bits per heavy atom. The van der Waals surface area contributed by atoms with Crippen LogP contribution in [-0.2, 0) is 4.79 Å². The smallest absolute Gasteiger partial charge is 0.256 e. The van der Waals surface area contributed by atoms with Crippen molar-refractivity contribution in [3.05, 3.63) is 34.6 Å². The molecule has 2 N–H and O–H groups in total. The van der Waals surface area contributed by atoms with Crippen molar-refractivity contribution in [2.75, 3.05) is 32.7 Å². The van der Waals surface area contributed by atoms with Gasteiger partial charge in [0.05, 0.1) is 5.56 Å². The molecular formula is C15H19ClFN3O2. The summed E-state index contributed by atoms with van der Waals surface area (Å²) in [7, 11) is 0. The van der Waals surface area contributed by atoms with Gasteiger partial charge in [-0.1, -0.05) is 18.5 Å². The molecule has 1 atom stereocenters. The van der Waals surface area contributed by atoms with Gasteiger partial charge in [-0.3, -0.25) is 9.59 Å². The largest absolute Gasteiger partial charge is 0.339 e. The number of piperazine rings is 1. The molecule has 0 spiro atoms. The molecule has 1 aliphatic rings. The molecule has 0 radical (unpaired) electrons. The molecule has 0 bridgehead atoms. The van der Waals surface area contributed by atoms with E-state index in [0.717, 1.165) is 6.07 Å². The lowest BCUT2D eigenvalue weighted by atomic mass is 10.1. The molecule has 1 fully saturated rings. The first-order chi connectivity index (χ1) is 10.4. The molecule has 1 aromatic carbocycles. The van der Waals surface area contributed by atoms with E-state index in [1.165, 1.54) is 12.1 Å². The summed E-state index contributed by atoms with van der Waals surface area (Å²) in [5, 5.41) is 0.250.